The van der Waals surface area contributed by atoms with Crippen molar-refractivity contribution in [3.05, 3.63) is 0 Å². The van der Waals surface area contributed by atoms with E-state index in [1.54, 1.807) is 0 Å². The van der Waals surface area contributed by atoms with Crippen LogP contribution in [0.1, 0.15) is 71.1 Å². The summed E-state index contributed by atoms with van der Waals surface area (Å²) in [5.74, 6) is -0.134. The van der Waals surface area contributed by atoms with Crippen molar-refractivity contribution in [3.8, 4) is 0 Å². The number of halogens is 1. The van der Waals surface area contributed by atoms with Gasteiger partial charge in [-0.3, -0.25) is 4.79 Å². The molecule has 0 aliphatic rings. The molecular weight excluding hydrogens is 640 g/mol. The molecule has 0 atom stereocenters. The second kappa shape index (κ2) is 40.6. The molecule has 12 heteroatoms. The number of hydrogen-bond acceptors (Lipinski definition) is 11. The molecule has 0 aliphatic heterocycles. The molecule has 0 fully saturated rings. The Hall–Kier alpha value is -0.410. The van der Waals surface area contributed by atoms with Gasteiger partial charge in [0.05, 0.1) is 119 Å². The summed E-state index contributed by atoms with van der Waals surface area (Å²) in [6.45, 7) is 11.9. The first-order valence-corrected chi connectivity index (χ1v) is 17.8. The Morgan fingerprint density at radius 3 is 0.977 bits per heavy atom. The van der Waals surface area contributed by atoms with Gasteiger partial charge in [0, 0.05) is 11.8 Å². The summed E-state index contributed by atoms with van der Waals surface area (Å²) in [6.07, 6.45) is 11.6. The number of hydrogen-bond donors (Lipinski definition) is 0. The number of rotatable bonds is 39. The van der Waals surface area contributed by atoms with Crippen LogP contribution >= 0.6 is 15.9 Å². The normalized spacial score (nSPS) is 11.4. The fraction of sp³-hybridized carbons (Fsp3) is 0.969. The quantitative estimate of drug-likeness (QED) is 0.0491. The number of unbranched alkanes of at least 4 members (excludes halogenated alkanes) is 8. The number of alkyl halides is 1. The first-order valence-electron chi connectivity index (χ1n) is 16.7. The molecule has 0 saturated carbocycles. The van der Waals surface area contributed by atoms with E-state index in [1.807, 2.05) is 0 Å². The summed E-state index contributed by atoms with van der Waals surface area (Å²) in [5.41, 5.74) is 0. The van der Waals surface area contributed by atoms with Gasteiger partial charge in [-0.05, 0) is 6.42 Å². The third kappa shape index (κ3) is 39.6. The molecule has 0 radical (unpaired) electrons. The standard InChI is InChI=1S/C32H63BrO11/c1-2-3-4-5-6-7-8-9-10-11-32(34)44-31-30-43-29-28-42-27-26-41-25-24-40-23-22-39-21-20-38-19-18-37-17-16-36-15-14-35-13-12-33/h2-31H2,1H3. The van der Waals surface area contributed by atoms with E-state index in [0.717, 1.165) is 18.2 Å². The van der Waals surface area contributed by atoms with Crippen LogP contribution in [0.5, 0.6) is 0 Å². The third-order valence-corrected chi connectivity index (χ3v) is 6.50. The first kappa shape index (κ1) is 43.6. The van der Waals surface area contributed by atoms with Crippen molar-refractivity contribution in [1.82, 2.24) is 0 Å². The van der Waals surface area contributed by atoms with E-state index in [9.17, 15) is 4.79 Å². The summed E-state index contributed by atoms with van der Waals surface area (Å²) in [4.78, 5) is 11.8. The van der Waals surface area contributed by atoms with Crippen molar-refractivity contribution in [3.63, 3.8) is 0 Å². The van der Waals surface area contributed by atoms with Crippen LogP contribution in [-0.4, -0.2) is 137 Å². The summed E-state index contributed by atoms with van der Waals surface area (Å²) in [5, 5.41) is 0.837. The molecular formula is C32H63BrO11. The minimum Gasteiger partial charge on any atom is -0.463 e. The predicted molar refractivity (Wildman–Crippen MR) is 174 cm³/mol. The predicted octanol–water partition coefficient (Wildman–Crippen LogP) is 4.99. The lowest BCUT2D eigenvalue weighted by molar-refractivity contribution is -0.145. The van der Waals surface area contributed by atoms with E-state index in [1.165, 1.54) is 44.9 Å². The topological polar surface area (TPSA) is 109 Å². The van der Waals surface area contributed by atoms with Gasteiger partial charge in [-0.15, -0.1) is 0 Å². The molecule has 0 aromatic heterocycles. The van der Waals surface area contributed by atoms with E-state index in [0.29, 0.717) is 132 Å². The van der Waals surface area contributed by atoms with Gasteiger partial charge in [-0.1, -0.05) is 74.2 Å². The Labute approximate surface area is 275 Å². The van der Waals surface area contributed by atoms with E-state index >= 15 is 0 Å². The molecule has 0 rings (SSSR count). The average molecular weight is 704 g/mol. The van der Waals surface area contributed by atoms with Crippen LogP contribution in [0, 0.1) is 0 Å². The van der Waals surface area contributed by atoms with Crippen LogP contribution in [-0.2, 0) is 52.2 Å². The van der Waals surface area contributed by atoms with Gasteiger partial charge in [-0.25, -0.2) is 0 Å². The van der Waals surface area contributed by atoms with E-state index < -0.39 is 0 Å². The molecule has 0 aromatic rings. The molecule has 0 unspecified atom stereocenters. The summed E-state index contributed by atoms with van der Waals surface area (Å²) in [7, 11) is 0. The van der Waals surface area contributed by atoms with Gasteiger partial charge in [0.2, 0.25) is 0 Å². The highest BCUT2D eigenvalue weighted by Crippen LogP contribution is 2.10. The molecule has 264 valence electrons. The van der Waals surface area contributed by atoms with Crippen molar-refractivity contribution in [2.24, 2.45) is 0 Å². The van der Waals surface area contributed by atoms with Crippen molar-refractivity contribution in [1.29, 1.82) is 0 Å². The Morgan fingerprint density at radius 1 is 0.386 bits per heavy atom. The molecule has 0 spiro atoms. The van der Waals surface area contributed by atoms with Crippen LogP contribution in [0.15, 0.2) is 0 Å². The zero-order chi connectivity index (χ0) is 31.9. The number of carbonyl (C=O) groups is 1. The average Bonchev–Trinajstić information content (AvgIpc) is 3.03. The van der Waals surface area contributed by atoms with Crippen molar-refractivity contribution < 1.29 is 52.2 Å². The van der Waals surface area contributed by atoms with Crippen molar-refractivity contribution >= 4 is 21.9 Å². The Kier molecular flexibility index (Phi) is 40.2. The highest BCUT2D eigenvalue weighted by Gasteiger charge is 2.03. The van der Waals surface area contributed by atoms with Gasteiger partial charge in [0.15, 0.2) is 0 Å². The highest BCUT2D eigenvalue weighted by atomic mass is 79.9. The lowest BCUT2D eigenvalue weighted by atomic mass is 10.1. The van der Waals surface area contributed by atoms with E-state index in [-0.39, 0.29) is 5.97 Å². The number of carbonyl (C=O) groups excluding carboxylic acids is 1. The number of esters is 1. The smallest absolute Gasteiger partial charge is 0.305 e. The maximum absolute atomic E-state index is 11.8. The van der Waals surface area contributed by atoms with Crippen LogP contribution in [0.4, 0.5) is 0 Å². The van der Waals surface area contributed by atoms with Gasteiger partial charge < -0.3 is 47.4 Å². The van der Waals surface area contributed by atoms with Crippen LogP contribution < -0.4 is 0 Å². The summed E-state index contributed by atoms with van der Waals surface area (Å²) >= 11 is 3.30. The zero-order valence-electron chi connectivity index (χ0n) is 27.6. The van der Waals surface area contributed by atoms with E-state index in [4.69, 9.17) is 47.4 Å². The summed E-state index contributed by atoms with van der Waals surface area (Å²) < 4.78 is 54.1. The molecule has 0 aromatic carbocycles. The van der Waals surface area contributed by atoms with E-state index in [2.05, 4.69) is 22.9 Å². The highest BCUT2D eigenvalue weighted by molar-refractivity contribution is 9.09. The second-order valence-electron chi connectivity index (χ2n) is 10.00. The SMILES string of the molecule is CCCCCCCCCCCC(=O)OCCOCCOCCOCCOCCOCCOCCOCCOCCOCCBr. The fourth-order valence-corrected chi connectivity index (χ4v) is 4.01. The zero-order valence-corrected chi connectivity index (χ0v) is 29.2. The molecule has 0 amide bonds. The maximum atomic E-state index is 11.8. The minimum absolute atomic E-state index is 0.134. The van der Waals surface area contributed by atoms with Crippen LogP contribution in [0.2, 0.25) is 0 Å². The lowest BCUT2D eigenvalue weighted by Gasteiger charge is -2.09. The first-order chi connectivity index (χ1) is 21.8. The van der Waals surface area contributed by atoms with Gasteiger partial charge in [-0.2, -0.15) is 0 Å². The largest absolute Gasteiger partial charge is 0.463 e. The summed E-state index contributed by atoms with van der Waals surface area (Å²) in [6, 6.07) is 0. The second-order valence-corrected chi connectivity index (χ2v) is 10.8. The fourth-order valence-electron chi connectivity index (χ4n) is 3.78. The van der Waals surface area contributed by atoms with Crippen LogP contribution in [0.3, 0.4) is 0 Å². The maximum Gasteiger partial charge on any atom is 0.305 e. The minimum atomic E-state index is -0.134. The molecule has 44 heavy (non-hydrogen) atoms. The Bertz CT molecular complexity index is 546. The molecule has 0 N–H and O–H groups in total. The Morgan fingerprint density at radius 2 is 0.659 bits per heavy atom. The van der Waals surface area contributed by atoms with Gasteiger partial charge in [0.25, 0.3) is 0 Å². The van der Waals surface area contributed by atoms with Gasteiger partial charge >= 0.3 is 5.97 Å². The monoisotopic (exact) mass is 702 g/mol. The third-order valence-electron chi connectivity index (χ3n) is 6.17. The molecule has 0 bridgehead atoms. The van der Waals surface area contributed by atoms with Crippen molar-refractivity contribution in [2.45, 2.75) is 71.1 Å². The molecule has 0 saturated heterocycles. The van der Waals surface area contributed by atoms with Crippen molar-refractivity contribution in [2.75, 3.05) is 131 Å². The molecule has 0 heterocycles. The number of ether oxygens (including phenoxy) is 10. The van der Waals surface area contributed by atoms with Crippen LogP contribution in [0.25, 0.3) is 0 Å². The molecule has 11 nitrogen and oxygen atoms in total. The van der Waals surface area contributed by atoms with Gasteiger partial charge in [0.1, 0.15) is 6.61 Å². The molecule has 0 aliphatic carbocycles. The lowest BCUT2D eigenvalue weighted by Crippen LogP contribution is -2.15. The Balaban J connectivity index is 3.11.